The van der Waals surface area contributed by atoms with E-state index >= 15 is 0 Å². The van der Waals surface area contributed by atoms with Crippen LogP contribution >= 0.6 is 0 Å². The molecule has 2 heteroatoms. The monoisotopic (exact) mass is 109 g/mol. The van der Waals surface area contributed by atoms with Crippen molar-refractivity contribution in [2.75, 3.05) is 0 Å². The number of fused-ring (bicyclic) bond motifs is 1. The third-order valence-electron chi connectivity index (χ3n) is 1.73. The van der Waals surface area contributed by atoms with Gasteiger partial charge in [-0.05, 0) is 19.3 Å². The average Bonchev–Trinajstić information content (AvgIpc) is 2.15. The van der Waals surface area contributed by atoms with Crippen molar-refractivity contribution in [1.82, 2.24) is 5.10 Å². The molecule has 2 N–H and O–H groups in total. The largest absolute Gasteiger partial charge is 0.196 e. The van der Waals surface area contributed by atoms with Gasteiger partial charge < -0.3 is 0 Å². The lowest BCUT2D eigenvalue weighted by Crippen LogP contribution is -2.00. The van der Waals surface area contributed by atoms with Crippen LogP contribution in [0.4, 0.5) is 0 Å². The van der Waals surface area contributed by atoms with Crippen molar-refractivity contribution in [3.8, 4) is 0 Å². The van der Waals surface area contributed by atoms with Gasteiger partial charge in [0.05, 0.1) is 5.69 Å². The van der Waals surface area contributed by atoms with Crippen molar-refractivity contribution in [3.05, 3.63) is 17.5 Å². The van der Waals surface area contributed by atoms with E-state index < -0.39 is 0 Å². The average molecular weight is 109 g/mol. The first-order valence-electron chi connectivity index (χ1n) is 3.03. The Morgan fingerprint density at radius 3 is 3.38 bits per heavy atom. The van der Waals surface area contributed by atoms with Crippen LogP contribution in [0.15, 0.2) is 6.20 Å². The molecule has 0 aliphatic heterocycles. The van der Waals surface area contributed by atoms with Gasteiger partial charge >= 0.3 is 0 Å². The Bertz CT molecular complexity index is 172. The summed E-state index contributed by atoms with van der Waals surface area (Å²) in [4.78, 5) is 0. The van der Waals surface area contributed by atoms with Crippen LogP contribution in [0.3, 0.4) is 0 Å². The van der Waals surface area contributed by atoms with Crippen LogP contribution in [-0.4, -0.2) is 5.10 Å². The van der Waals surface area contributed by atoms with E-state index in [-0.39, 0.29) is 0 Å². The summed E-state index contributed by atoms with van der Waals surface area (Å²) in [5.41, 5.74) is 2.88. The molecule has 0 saturated heterocycles. The molecule has 1 aromatic rings. The zero-order chi connectivity index (χ0) is 5.40. The summed E-state index contributed by atoms with van der Waals surface area (Å²) in [6.45, 7) is 0. The van der Waals surface area contributed by atoms with Crippen LogP contribution in [0.2, 0.25) is 0 Å². The molecule has 0 unspecified atom stereocenters. The summed E-state index contributed by atoms with van der Waals surface area (Å²) < 4.78 is 0. The number of nitrogens with one attached hydrogen (secondary N) is 2. The molecular weight excluding hydrogens is 100 g/mol. The zero-order valence-corrected chi connectivity index (χ0v) is 4.70. The topological polar surface area (TPSA) is 29.9 Å². The Kier molecular flexibility index (Phi) is 0.692. The minimum atomic E-state index is 1.23. The van der Waals surface area contributed by atoms with Crippen LogP contribution in [-0.2, 0) is 12.8 Å². The van der Waals surface area contributed by atoms with E-state index in [1.807, 2.05) is 0 Å². The first kappa shape index (κ1) is 4.13. The summed E-state index contributed by atoms with van der Waals surface area (Å²) in [6.07, 6.45) is 5.88. The second-order valence-electron chi connectivity index (χ2n) is 2.27. The molecule has 0 atom stereocenters. The molecule has 0 radical (unpaired) electrons. The lowest BCUT2D eigenvalue weighted by molar-refractivity contribution is -0.450. The Balaban J connectivity index is 2.54. The van der Waals surface area contributed by atoms with E-state index in [1.54, 1.807) is 0 Å². The molecule has 42 valence electrons. The van der Waals surface area contributed by atoms with E-state index in [2.05, 4.69) is 16.4 Å². The van der Waals surface area contributed by atoms with Crippen molar-refractivity contribution in [3.63, 3.8) is 0 Å². The highest BCUT2D eigenvalue weighted by Crippen LogP contribution is 2.16. The van der Waals surface area contributed by atoms with E-state index in [1.165, 1.54) is 30.5 Å². The Labute approximate surface area is 47.9 Å². The summed E-state index contributed by atoms with van der Waals surface area (Å²) >= 11 is 0. The first-order valence-corrected chi connectivity index (χ1v) is 3.03. The Hall–Kier alpha value is -0.790. The molecule has 2 nitrogen and oxygen atoms in total. The molecule has 1 aliphatic carbocycles. The molecular formula is C6H9N2+. The number of aromatic amines is 2. The molecule has 0 amide bonds. The van der Waals surface area contributed by atoms with Crippen molar-refractivity contribution < 1.29 is 5.10 Å². The van der Waals surface area contributed by atoms with Gasteiger partial charge in [0, 0.05) is 5.56 Å². The number of H-pyrrole nitrogens is 2. The van der Waals surface area contributed by atoms with E-state index in [0.29, 0.717) is 0 Å². The van der Waals surface area contributed by atoms with Gasteiger partial charge in [-0.2, -0.15) is 5.10 Å². The van der Waals surface area contributed by atoms with Crippen LogP contribution in [0.5, 0.6) is 0 Å². The number of aromatic nitrogens is 2. The SMILES string of the molecule is c1[nH+][nH]c2c1CCC2. The van der Waals surface area contributed by atoms with Crippen LogP contribution < -0.4 is 5.10 Å². The minimum Gasteiger partial charge on any atom is -0.172 e. The standard InChI is InChI=1S/C6H8N2/c1-2-5-4-7-8-6(5)3-1/h4H,1-3H2,(H,7,8)/p+1. The zero-order valence-electron chi connectivity index (χ0n) is 4.70. The molecule has 1 aliphatic rings. The molecule has 0 saturated carbocycles. The summed E-state index contributed by atoms with van der Waals surface area (Å²) in [6, 6.07) is 0. The van der Waals surface area contributed by atoms with Crippen molar-refractivity contribution >= 4 is 0 Å². The quantitative estimate of drug-likeness (QED) is 0.497. The lowest BCUT2D eigenvalue weighted by atomic mass is 10.3. The van der Waals surface area contributed by atoms with Crippen LogP contribution in [0, 0.1) is 0 Å². The van der Waals surface area contributed by atoms with Gasteiger partial charge in [0.1, 0.15) is 0 Å². The lowest BCUT2D eigenvalue weighted by Gasteiger charge is -1.74. The fourth-order valence-electron chi connectivity index (χ4n) is 1.28. The van der Waals surface area contributed by atoms with Gasteiger partial charge in [0.15, 0.2) is 6.20 Å². The fraction of sp³-hybridized carbons (Fsp3) is 0.500. The van der Waals surface area contributed by atoms with Crippen molar-refractivity contribution in [2.45, 2.75) is 19.3 Å². The molecule has 1 aromatic heterocycles. The summed E-state index contributed by atoms with van der Waals surface area (Å²) in [5.74, 6) is 0. The van der Waals surface area contributed by atoms with E-state index in [4.69, 9.17) is 0 Å². The fourth-order valence-corrected chi connectivity index (χ4v) is 1.28. The predicted molar refractivity (Wildman–Crippen MR) is 29.4 cm³/mol. The van der Waals surface area contributed by atoms with E-state index in [0.717, 1.165) is 0 Å². The molecule has 1 heterocycles. The van der Waals surface area contributed by atoms with Crippen molar-refractivity contribution in [1.29, 1.82) is 0 Å². The Morgan fingerprint density at radius 1 is 1.50 bits per heavy atom. The van der Waals surface area contributed by atoms with Crippen LogP contribution in [0.25, 0.3) is 0 Å². The molecule has 0 aromatic carbocycles. The molecule has 8 heavy (non-hydrogen) atoms. The summed E-state index contributed by atoms with van der Waals surface area (Å²) in [5, 5.41) is 6.07. The second kappa shape index (κ2) is 1.34. The molecule has 0 spiro atoms. The third-order valence-corrected chi connectivity index (χ3v) is 1.73. The molecule has 2 rings (SSSR count). The highest BCUT2D eigenvalue weighted by molar-refractivity contribution is 5.18. The minimum absolute atomic E-state index is 1.23. The van der Waals surface area contributed by atoms with Gasteiger partial charge in [0.2, 0.25) is 0 Å². The molecule has 0 bridgehead atoms. The van der Waals surface area contributed by atoms with Gasteiger partial charge in [0.25, 0.3) is 0 Å². The van der Waals surface area contributed by atoms with Crippen molar-refractivity contribution in [2.24, 2.45) is 0 Å². The van der Waals surface area contributed by atoms with Gasteiger partial charge in [-0.1, -0.05) is 0 Å². The highest BCUT2D eigenvalue weighted by Gasteiger charge is 2.14. The summed E-state index contributed by atoms with van der Waals surface area (Å²) in [7, 11) is 0. The van der Waals surface area contributed by atoms with E-state index in [9.17, 15) is 0 Å². The molecule has 0 fully saturated rings. The maximum Gasteiger partial charge on any atom is 0.196 e. The second-order valence-corrected chi connectivity index (χ2v) is 2.27. The predicted octanol–water partition coefficient (Wildman–Crippen LogP) is 0.317. The first-order chi connectivity index (χ1) is 3.97. The van der Waals surface area contributed by atoms with Gasteiger partial charge in [-0.25, -0.2) is 0 Å². The third kappa shape index (κ3) is 0.399. The maximum absolute atomic E-state index is 3.09. The number of hydrogen-bond acceptors (Lipinski definition) is 0. The highest BCUT2D eigenvalue weighted by atomic mass is 15.1. The number of hydrogen-bond donors (Lipinski definition) is 1. The smallest absolute Gasteiger partial charge is 0.172 e. The van der Waals surface area contributed by atoms with Crippen LogP contribution in [0.1, 0.15) is 17.7 Å². The number of rotatable bonds is 0. The Morgan fingerprint density at radius 2 is 2.50 bits per heavy atom. The maximum atomic E-state index is 3.09. The normalized spacial score (nSPS) is 16.5. The number of aryl methyl sites for hydroxylation is 2. The van der Waals surface area contributed by atoms with Gasteiger partial charge in [-0.3, -0.25) is 0 Å². The van der Waals surface area contributed by atoms with Gasteiger partial charge in [-0.15, -0.1) is 5.10 Å².